The molecule has 0 bridgehead atoms. The highest BCUT2D eigenvalue weighted by Crippen LogP contribution is 2.21. The minimum Gasteiger partial charge on any atom is -0.349 e. The number of hydrogen-bond acceptors (Lipinski definition) is 2. The van der Waals surface area contributed by atoms with Crippen molar-refractivity contribution in [3.63, 3.8) is 0 Å². The first-order chi connectivity index (χ1) is 10.3. The van der Waals surface area contributed by atoms with Gasteiger partial charge < -0.3 is 10.2 Å². The van der Waals surface area contributed by atoms with Crippen LogP contribution in [0.3, 0.4) is 0 Å². The van der Waals surface area contributed by atoms with Crippen molar-refractivity contribution >= 4 is 23.4 Å². The van der Waals surface area contributed by atoms with Crippen molar-refractivity contribution in [2.45, 2.75) is 25.1 Å². The highest BCUT2D eigenvalue weighted by atomic mass is 35.5. The van der Waals surface area contributed by atoms with Crippen molar-refractivity contribution in [3.05, 3.63) is 34.9 Å². The number of likely N-dealkylation sites (tertiary alicyclic amines) is 1. The number of piperidine rings is 1. The van der Waals surface area contributed by atoms with Crippen LogP contribution >= 0.6 is 11.6 Å². The van der Waals surface area contributed by atoms with Gasteiger partial charge in [-0.3, -0.25) is 9.59 Å². The van der Waals surface area contributed by atoms with E-state index >= 15 is 0 Å². The molecule has 0 spiro atoms. The fourth-order valence-electron chi connectivity index (χ4n) is 2.28. The Bertz CT molecular complexity index is 552. The first-order valence-corrected chi connectivity index (χ1v) is 7.07. The van der Waals surface area contributed by atoms with E-state index in [2.05, 4.69) is 5.32 Å². The van der Waals surface area contributed by atoms with E-state index in [1.54, 1.807) is 24.3 Å². The summed E-state index contributed by atoms with van der Waals surface area (Å²) >= 11 is 5.73. The number of benzene rings is 1. The van der Waals surface area contributed by atoms with Gasteiger partial charge in [-0.2, -0.15) is 13.2 Å². The van der Waals surface area contributed by atoms with E-state index in [4.69, 9.17) is 11.6 Å². The molecule has 1 heterocycles. The summed E-state index contributed by atoms with van der Waals surface area (Å²) in [5, 5.41) is 3.26. The van der Waals surface area contributed by atoms with Crippen molar-refractivity contribution < 1.29 is 22.8 Å². The zero-order chi connectivity index (χ0) is 16.3. The van der Waals surface area contributed by atoms with Crippen LogP contribution in [0, 0.1) is 0 Å². The lowest BCUT2D eigenvalue weighted by atomic mass is 10.0. The molecule has 2 amide bonds. The van der Waals surface area contributed by atoms with Crippen LogP contribution in [-0.4, -0.2) is 42.0 Å². The number of carbonyl (C=O) groups excluding carboxylic acids is 2. The van der Waals surface area contributed by atoms with Gasteiger partial charge in [-0.1, -0.05) is 11.6 Å². The van der Waals surface area contributed by atoms with Crippen LogP contribution in [-0.2, 0) is 4.79 Å². The Morgan fingerprint density at radius 3 is 2.18 bits per heavy atom. The van der Waals surface area contributed by atoms with Gasteiger partial charge >= 0.3 is 12.1 Å². The third-order valence-corrected chi connectivity index (χ3v) is 3.72. The smallest absolute Gasteiger partial charge is 0.349 e. The molecule has 0 unspecified atom stereocenters. The average molecular weight is 335 g/mol. The molecule has 0 atom stereocenters. The molecular weight excluding hydrogens is 321 g/mol. The highest BCUT2D eigenvalue weighted by molar-refractivity contribution is 6.30. The van der Waals surface area contributed by atoms with Gasteiger partial charge in [0.05, 0.1) is 0 Å². The van der Waals surface area contributed by atoms with Gasteiger partial charge in [0.25, 0.3) is 5.91 Å². The van der Waals surface area contributed by atoms with Crippen molar-refractivity contribution in [3.8, 4) is 0 Å². The Labute approximate surface area is 130 Å². The number of rotatable bonds is 2. The van der Waals surface area contributed by atoms with Crippen LogP contribution in [0.5, 0.6) is 0 Å². The maximum Gasteiger partial charge on any atom is 0.471 e. The summed E-state index contributed by atoms with van der Waals surface area (Å²) in [5.41, 5.74) is 0.429. The van der Waals surface area contributed by atoms with E-state index in [0.29, 0.717) is 23.4 Å². The molecule has 1 aliphatic heterocycles. The summed E-state index contributed by atoms with van der Waals surface area (Å²) < 4.78 is 37.0. The molecule has 1 aromatic rings. The molecule has 1 aromatic carbocycles. The lowest BCUT2D eigenvalue weighted by molar-refractivity contribution is -0.186. The van der Waals surface area contributed by atoms with Crippen molar-refractivity contribution in [1.82, 2.24) is 10.2 Å². The Morgan fingerprint density at radius 1 is 1.14 bits per heavy atom. The minimum atomic E-state index is -4.85. The third kappa shape index (κ3) is 4.13. The van der Waals surface area contributed by atoms with Gasteiger partial charge in [-0.15, -0.1) is 0 Å². The van der Waals surface area contributed by atoms with Gasteiger partial charge in [0.15, 0.2) is 0 Å². The van der Waals surface area contributed by atoms with Crippen LogP contribution < -0.4 is 5.32 Å². The molecular formula is C14H14ClF3N2O2. The maximum atomic E-state index is 12.3. The lowest BCUT2D eigenvalue weighted by Crippen LogP contribution is -2.50. The number of hydrogen-bond donors (Lipinski definition) is 1. The topological polar surface area (TPSA) is 49.4 Å². The first-order valence-electron chi connectivity index (χ1n) is 6.70. The Balaban J connectivity index is 1.86. The van der Waals surface area contributed by atoms with Crippen LogP contribution in [0.4, 0.5) is 13.2 Å². The van der Waals surface area contributed by atoms with Gasteiger partial charge in [-0.25, -0.2) is 0 Å². The van der Waals surface area contributed by atoms with Crippen molar-refractivity contribution in [2.75, 3.05) is 13.1 Å². The summed E-state index contributed by atoms with van der Waals surface area (Å²) in [4.78, 5) is 23.9. The summed E-state index contributed by atoms with van der Waals surface area (Å²) in [6.45, 7) is -0.0478. The highest BCUT2D eigenvalue weighted by Gasteiger charge is 2.43. The fraction of sp³-hybridized carbons (Fsp3) is 0.429. The van der Waals surface area contributed by atoms with Gasteiger partial charge in [0, 0.05) is 29.7 Å². The third-order valence-electron chi connectivity index (χ3n) is 3.47. The monoisotopic (exact) mass is 334 g/mol. The fourth-order valence-corrected chi connectivity index (χ4v) is 2.40. The SMILES string of the molecule is O=C(NC1CCN(C(=O)C(F)(F)F)CC1)c1ccc(Cl)cc1. The predicted octanol–water partition coefficient (Wildman–Crippen LogP) is 2.62. The summed E-state index contributed by atoms with van der Waals surface area (Å²) in [6, 6.07) is 6.06. The van der Waals surface area contributed by atoms with Crippen molar-refractivity contribution in [1.29, 1.82) is 0 Å². The molecule has 0 aromatic heterocycles. The van der Waals surface area contributed by atoms with Crippen LogP contribution in [0.15, 0.2) is 24.3 Å². The summed E-state index contributed by atoms with van der Waals surface area (Å²) in [7, 11) is 0. The molecule has 1 aliphatic rings. The quantitative estimate of drug-likeness (QED) is 0.904. The Morgan fingerprint density at radius 2 is 1.68 bits per heavy atom. The number of carbonyl (C=O) groups is 2. The van der Waals surface area contributed by atoms with E-state index in [-0.39, 0.29) is 25.0 Å². The normalized spacial score (nSPS) is 16.5. The summed E-state index contributed by atoms with van der Waals surface area (Å²) in [5.74, 6) is -2.13. The summed E-state index contributed by atoms with van der Waals surface area (Å²) in [6.07, 6.45) is -4.26. The van der Waals surface area contributed by atoms with Crippen LogP contribution in [0.1, 0.15) is 23.2 Å². The van der Waals surface area contributed by atoms with E-state index < -0.39 is 12.1 Å². The zero-order valence-electron chi connectivity index (χ0n) is 11.5. The molecule has 120 valence electrons. The lowest BCUT2D eigenvalue weighted by Gasteiger charge is -2.32. The zero-order valence-corrected chi connectivity index (χ0v) is 12.2. The molecule has 0 radical (unpaired) electrons. The van der Waals surface area contributed by atoms with E-state index in [1.807, 2.05) is 0 Å². The Hall–Kier alpha value is -1.76. The standard InChI is InChI=1S/C14H14ClF3N2O2/c15-10-3-1-9(2-4-10)12(21)19-11-5-7-20(8-6-11)13(22)14(16,17)18/h1-4,11H,5-8H2,(H,19,21). The van der Waals surface area contributed by atoms with Gasteiger partial charge in [-0.05, 0) is 37.1 Å². The van der Waals surface area contributed by atoms with Crippen LogP contribution in [0.25, 0.3) is 0 Å². The molecule has 8 heteroatoms. The molecule has 4 nitrogen and oxygen atoms in total. The largest absolute Gasteiger partial charge is 0.471 e. The second-order valence-electron chi connectivity index (χ2n) is 5.04. The molecule has 2 rings (SSSR count). The Kier molecular flexibility index (Phi) is 4.95. The molecule has 0 saturated carbocycles. The average Bonchev–Trinajstić information content (AvgIpc) is 2.47. The van der Waals surface area contributed by atoms with Gasteiger partial charge in [0.2, 0.25) is 0 Å². The molecule has 1 N–H and O–H groups in total. The second-order valence-corrected chi connectivity index (χ2v) is 5.48. The number of amides is 2. The van der Waals surface area contributed by atoms with E-state index in [9.17, 15) is 22.8 Å². The molecule has 1 saturated heterocycles. The minimum absolute atomic E-state index is 0.0239. The predicted molar refractivity (Wildman–Crippen MR) is 74.6 cm³/mol. The molecule has 22 heavy (non-hydrogen) atoms. The first kappa shape index (κ1) is 16.6. The molecule has 0 aliphatic carbocycles. The maximum absolute atomic E-state index is 12.3. The van der Waals surface area contributed by atoms with Crippen LogP contribution in [0.2, 0.25) is 5.02 Å². The van der Waals surface area contributed by atoms with E-state index in [1.165, 1.54) is 0 Å². The van der Waals surface area contributed by atoms with Crippen molar-refractivity contribution in [2.24, 2.45) is 0 Å². The van der Waals surface area contributed by atoms with Gasteiger partial charge in [0.1, 0.15) is 0 Å². The van der Waals surface area contributed by atoms with E-state index in [0.717, 1.165) is 4.90 Å². The second kappa shape index (κ2) is 6.56. The number of nitrogens with one attached hydrogen (secondary N) is 1. The number of halogens is 4. The number of nitrogens with zero attached hydrogens (tertiary/aromatic N) is 1. The number of alkyl halides is 3. The molecule has 1 fully saturated rings.